The number of aromatic carboxylic acids is 1. The summed E-state index contributed by atoms with van der Waals surface area (Å²) in [5.41, 5.74) is 1.22. The molecule has 2 aromatic rings. The van der Waals surface area contributed by atoms with E-state index in [0.717, 1.165) is 12.8 Å². The highest BCUT2D eigenvalue weighted by molar-refractivity contribution is 6.01. The monoisotopic (exact) mass is 273 g/mol. The van der Waals surface area contributed by atoms with Crippen LogP contribution in [0.2, 0.25) is 0 Å². The van der Waals surface area contributed by atoms with E-state index in [1.165, 1.54) is 12.4 Å². The maximum atomic E-state index is 12.1. The molecule has 1 aromatic carbocycles. The minimum Gasteiger partial charge on any atom is -0.478 e. The summed E-state index contributed by atoms with van der Waals surface area (Å²) in [5.74, 6) is -1.13. The molecule has 0 bridgehead atoms. The van der Waals surface area contributed by atoms with Crippen molar-refractivity contribution in [1.29, 1.82) is 0 Å². The second-order valence-electron chi connectivity index (χ2n) is 5.09. The SMILES string of the molecule is CC(C(=O)NC1CC1)n1cnc2cccc(C(=O)O)c21. The molecule has 2 N–H and O–H groups in total. The van der Waals surface area contributed by atoms with Gasteiger partial charge in [0.05, 0.1) is 22.9 Å². The van der Waals surface area contributed by atoms with Crippen LogP contribution >= 0.6 is 0 Å². The van der Waals surface area contributed by atoms with Crippen molar-refractivity contribution in [2.75, 3.05) is 0 Å². The predicted octanol–water partition coefficient (Wildman–Crippen LogP) is 1.57. The Bertz CT molecular complexity index is 688. The van der Waals surface area contributed by atoms with Crippen molar-refractivity contribution < 1.29 is 14.7 Å². The molecule has 1 aromatic heterocycles. The molecule has 1 aliphatic rings. The number of fused-ring (bicyclic) bond motifs is 1. The van der Waals surface area contributed by atoms with Crippen LogP contribution in [0.3, 0.4) is 0 Å². The van der Waals surface area contributed by atoms with E-state index in [4.69, 9.17) is 0 Å². The van der Waals surface area contributed by atoms with Crippen LogP contribution in [0.25, 0.3) is 11.0 Å². The first-order valence-corrected chi connectivity index (χ1v) is 6.57. The van der Waals surface area contributed by atoms with Gasteiger partial charge in [-0.25, -0.2) is 9.78 Å². The highest BCUT2D eigenvalue weighted by Gasteiger charge is 2.27. The molecular formula is C14H15N3O3. The van der Waals surface area contributed by atoms with E-state index in [-0.39, 0.29) is 17.5 Å². The zero-order valence-corrected chi connectivity index (χ0v) is 11.0. The van der Waals surface area contributed by atoms with Crippen molar-refractivity contribution in [3.63, 3.8) is 0 Å². The van der Waals surface area contributed by atoms with Gasteiger partial charge in [0.15, 0.2) is 0 Å². The molecule has 1 unspecified atom stereocenters. The number of hydrogen-bond acceptors (Lipinski definition) is 3. The molecule has 20 heavy (non-hydrogen) atoms. The molecule has 1 fully saturated rings. The maximum absolute atomic E-state index is 12.1. The smallest absolute Gasteiger partial charge is 0.337 e. The van der Waals surface area contributed by atoms with Crippen LogP contribution in [0.5, 0.6) is 0 Å². The van der Waals surface area contributed by atoms with Crippen molar-refractivity contribution in [2.45, 2.75) is 31.8 Å². The molecule has 104 valence electrons. The lowest BCUT2D eigenvalue weighted by Crippen LogP contribution is -2.32. The first-order chi connectivity index (χ1) is 9.58. The molecule has 1 amide bonds. The number of benzene rings is 1. The molecule has 1 heterocycles. The Kier molecular flexibility index (Phi) is 2.93. The molecule has 0 spiro atoms. The number of carboxylic acid groups (broad SMARTS) is 1. The van der Waals surface area contributed by atoms with Crippen LogP contribution in [-0.2, 0) is 4.79 Å². The topological polar surface area (TPSA) is 84.2 Å². The molecule has 0 aliphatic heterocycles. The highest BCUT2D eigenvalue weighted by Crippen LogP contribution is 2.24. The van der Waals surface area contributed by atoms with E-state index in [1.54, 1.807) is 23.6 Å². The predicted molar refractivity (Wildman–Crippen MR) is 72.6 cm³/mol. The summed E-state index contributed by atoms with van der Waals surface area (Å²) in [6.07, 6.45) is 3.56. The molecular weight excluding hydrogens is 258 g/mol. The number of carbonyl (C=O) groups is 2. The fourth-order valence-corrected chi connectivity index (χ4v) is 2.23. The third-order valence-corrected chi connectivity index (χ3v) is 3.54. The van der Waals surface area contributed by atoms with Crippen molar-refractivity contribution in [3.05, 3.63) is 30.1 Å². The molecule has 6 heteroatoms. The summed E-state index contributed by atoms with van der Waals surface area (Å²) in [4.78, 5) is 27.6. The Balaban J connectivity index is 2.02. The van der Waals surface area contributed by atoms with Gasteiger partial charge in [-0.2, -0.15) is 0 Å². The Morgan fingerprint density at radius 3 is 2.85 bits per heavy atom. The average Bonchev–Trinajstić information content (AvgIpc) is 3.13. The van der Waals surface area contributed by atoms with E-state index in [1.807, 2.05) is 0 Å². The molecule has 1 saturated carbocycles. The van der Waals surface area contributed by atoms with Crippen molar-refractivity contribution >= 4 is 22.9 Å². The first-order valence-electron chi connectivity index (χ1n) is 6.57. The lowest BCUT2D eigenvalue weighted by atomic mass is 10.1. The van der Waals surface area contributed by atoms with Crippen LogP contribution in [0.4, 0.5) is 0 Å². The van der Waals surface area contributed by atoms with Gasteiger partial charge in [-0.3, -0.25) is 4.79 Å². The standard InChI is InChI=1S/C14H15N3O3/c1-8(13(18)16-9-5-6-9)17-7-15-11-4-2-3-10(12(11)17)14(19)20/h2-4,7-9H,5-6H2,1H3,(H,16,18)(H,19,20). The minimum absolute atomic E-state index is 0.105. The van der Waals surface area contributed by atoms with Gasteiger partial charge in [-0.05, 0) is 31.9 Å². The Morgan fingerprint density at radius 2 is 2.20 bits per heavy atom. The first kappa shape index (κ1) is 12.7. The van der Waals surface area contributed by atoms with Gasteiger partial charge in [0.1, 0.15) is 6.04 Å². The summed E-state index contributed by atoms with van der Waals surface area (Å²) in [6, 6.07) is 4.70. The zero-order chi connectivity index (χ0) is 14.3. The number of nitrogens with one attached hydrogen (secondary N) is 1. The molecule has 1 aliphatic carbocycles. The van der Waals surface area contributed by atoms with Crippen LogP contribution < -0.4 is 5.32 Å². The number of rotatable bonds is 4. The number of para-hydroxylation sites is 1. The highest BCUT2D eigenvalue weighted by atomic mass is 16.4. The quantitative estimate of drug-likeness (QED) is 0.885. The fourth-order valence-electron chi connectivity index (χ4n) is 2.23. The number of imidazole rings is 1. The Morgan fingerprint density at radius 1 is 1.45 bits per heavy atom. The zero-order valence-electron chi connectivity index (χ0n) is 11.0. The number of carboxylic acids is 1. The molecule has 6 nitrogen and oxygen atoms in total. The minimum atomic E-state index is -1.02. The van der Waals surface area contributed by atoms with E-state index >= 15 is 0 Å². The van der Waals surface area contributed by atoms with Gasteiger partial charge in [0.2, 0.25) is 5.91 Å². The summed E-state index contributed by atoms with van der Waals surface area (Å²) in [5, 5.41) is 12.2. The van der Waals surface area contributed by atoms with Gasteiger partial charge >= 0.3 is 5.97 Å². The van der Waals surface area contributed by atoms with Gasteiger partial charge in [0.25, 0.3) is 0 Å². The normalized spacial score (nSPS) is 16.1. The van der Waals surface area contributed by atoms with Crippen LogP contribution in [0, 0.1) is 0 Å². The number of amides is 1. The third kappa shape index (κ3) is 2.13. The van der Waals surface area contributed by atoms with E-state index in [9.17, 15) is 14.7 Å². The second-order valence-corrected chi connectivity index (χ2v) is 5.09. The summed E-state index contributed by atoms with van der Waals surface area (Å²) in [6.45, 7) is 1.75. The van der Waals surface area contributed by atoms with Crippen molar-refractivity contribution in [1.82, 2.24) is 14.9 Å². The number of carbonyl (C=O) groups excluding carboxylic acids is 1. The number of aromatic nitrogens is 2. The molecule has 0 radical (unpaired) electrons. The Hall–Kier alpha value is -2.37. The number of hydrogen-bond donors (Lipinski definition) is 2. The van der Waals surface area contributed by atoms with Crippen LogP contribution in [-0.4, -0.2) is 32.6 Å². The average molecular weight is 273 g/mol. The largest absolute Gasteiger partial charge is 0.478 e. The Labute approximate surface area is 115 Å². The molecule has 1 atom stereocenters. The van der Waals surface area contributed by atoms with Crippen molar-refractivity contribution in [3.8, 4) is 0 Å². The van der Waals surface area contributed by atoms with Gasteiger partial charge < -0.3 is 15.0 Å². The summed E-state index contributed by atoms with van der Waals surface area (Å²) < 4.78 is 1.62. The van der Waals surface area contributed by atoms with Gasteiger partial charge in [0, 0.05) is 6.04 Å². The summed E-state index contributed by atoms with van der Waals surface area (Å²) >= 11 is 0. The van der Waals surface area contributed by atoms with Gasteiger partial charge in [-0.1, -0.05) is 6.07 Å². The lowest BCUT2D eigenvalue weighted by Gasteiger charge is -2.15. The van der Waals surface area contributed by atoms with Crippen LogP contribution in [0.1, 0.15) is 36.2 Å². The third-order valence-electron chi connectivity index (χ3n) is 3.54. The summed E-state index contributed by atoms with van der Waals surface area (Å²) in [7, 11) is 0. The lowest BCUT2D eigenvalue weighted by molar-refractivity contribution is -0.123. The molecule has 3 rings (SSSR count). The number of nitrogens with zero attached hydrogens (tertiary/aromatic N) is 2. The fraction of sp³-hybridized carbons (Fsp3) is 0.357. The van der Waals surface area contributed by atoms with E-state index in [2.05, 4.69) is 10.3 Å². The molecule has 0 saturated heterocycles. The van der Waals surface area contributed by atoms with E-state index in [0.29, 0.717) is 11.0 Å². The van der Waals surface area contributed by atoms with E-state index < -0.39 is 12.0 Å². The second kappa shape index (κ2) is 4.63. The van der Waals surface area contributed by atoms with Crippen LogP contribution in [0.15, 0.2) is 24.5 Å². The maximum Gasteiger partial charge on any atom is 0.337 e. The van der Waals surface area contributed by atoms with Crippen molar-refractivity contribution in [2.24, 2.45) is 0 Å². The van der Waals surface area contributed by atoms with Gasteiger partial charge in [-0.15, -0.1) is 0 Å².